The third kappa shape index (κ3) is 2.77. The number of benzene rings is 1. The van der Waals surface area contributed by atoms with Gasteiger partial charge in [-0.25, -0.2) is 0 Å². The van der Waals surface area contributed by atoms with Gasteiger partial charge in [-0.2, -0.15) is 0 Å². The monoisotopic (exact) mass is 316 g/mol. The molecule has 0 bridgehead atoms. The van der Waals surface area contributed by atoms with Crippen LogP contribution >= 0.6 is 15.9 Å². The van der Waals surface area contributed by atoms with E-state index < -0.39 is 10.8 Å². The van der Waals surface area contributed by atoms with Gasteiger partial charge in [-0.3, -0.25) is 14.9 Å². The van der Waals surface area contributed by atoms with Crippen LogP contribution in [0.5, 0.6) is 11.5 Å². The SMILES string of the molecule is COc1cc([N+](=O)[O-])c(Br)c(/C=C/C(N)=O)c1O. The minimum Gasteiger partial charge on any atom is -0.504 e. The number of nitro benzene ring substituents is 1. The van der Waals surface area contributed by atoms with Crippen LogP contribution in [0.15, 0.2) is 16.6 Å². The van der Waals surface area contributed by atoms with Gasteiger partial charge in [0.1, 0.15) is 4.47 Å². The molecule has 1 aromatic rings. The molecule has 0 heterocycles. The molecule has 0 fully saturated rings. The fourth-order valence-corrected chi connectivity index (χ4v) is 1.82. The molecule has 0 spiro atoms. The van der Waals surface area contributed by atoms with Crippen molar-refractivity contribution >= 4 is 33.6 Å². The van der Waals surface area contributed by atoms with Gasteiger partial charge >= 0.3 is 0 Å². The molecular formula is C10H9BrN2O5. The summed E-state index contributed by atoms with van der Waals surface area (Å²) < 4.78 is 4.84. The van der Waals surface area contributed by atoms with Crippen LogP contribution in [0, 0.1) is 10.1 Å². The zero-order chi connectivity index (χ0) is 13.9. The molecule has 18 heavy (non-hydrogen) atoms. The molecule has 96 valence electrons. The van der Waals surface area contributed by atoms with E-state index in [-0.39, 0.29) is 27.2 Å². The molecule has 0 aliphatic heterocycles. The summed E-state index contributed by atoms with van der Waals surface area (Å²) in [4.78, 5) is 20.8. The topological polar surface area (TPSA) is 116 Å². The maximum atomic E-state index is 10.8. The lowest BCUT2D eigenvalue weighted by molar-refractivity contribution is -0.385. The molecule has 0 atom stereocenters. The Kier molecular flexibility index (Phi) is 4.27. The Morgan fingerprint density at radius 1 is 1.67 bits per heavy atom. The Balaban J connectivity index is 3.51. The Morgan fingerprint density at radius 2 is 2.28 bits per heavy atom. The van der Waals surface area contributed by atoms with Gasteiger partial charge in [-0.1, -0.05) is 0 Å². The fourth-order valence-electron chi connectivity index (χ4n) is 1.24. The number of rotatable bonds is 4. The van der Waals surface area contributed by atoms with Crippen molar-refractivity contribution in [3.8, 4) is 11.5 Å². The lowest BCUT2D eigenvalue weighted by Crippen LogP contribution is -2.05. The molecule has 0 aromatic heterocycles. The number of carbonyl (C=O) groups is 1. The van der Waals surface area contributed by atoms with Crippen LogP contribution in [-0.4, -0.2) is 23.0 Å². The molecule has 8 heteroatoms. The number of methoxy groups -OCH3 is 1. The Labute approximate surface area is 110 Å². The maximum absolute atomic E-state index is 10.8. The number of phenols is 1. The van der Waals surface area contributed by atoms with Gasteiger partial charge in [0.25, 0.3) is 5.69 Å². The van der Waals surface area contributed by atoms with Gasteiger partial charge < -0.3 is 15.6 Å². The van der Waals surface area contributed by atoms with E-state index in [4.69, 9.17) is 10.5 Å². The molecule has 0 saturated carbocycles. The summed E-state index contributed by atoms with van der Waals surface area (Å²) in [7, 11) is 1.26. The van der Waals surface area contributed by atoms with Crippen LogP contribution < -0.4 is 10.5 Å². The fraction of sp³-hybridized carbons (Fsp3) is 0.100. The summed E-state index contributed by atoms with van der Waals surface area (Å²) in [5.41, 5.74) is 4.67. The second-order valence-electron chi connectivity index (χ2n) is 3.17. The van der Waals surface area contributed by atoms with E-state index in [2.05, 4.69) is 15.9 Å². The van der Waals surface area contributed by atoms with Crippen molar-refractivity contribution in [2.24, 2.45) is 5.73 Å². The third-order valence-corrected chi connectivity index (χ3v) is 2.88. The summed E-state index contributed by atoms with van der Waals surface area (Å²) in [5.74, 6) is -1.15. The van der Waals surface area contributed by atoms with E-state index in [1.807, 2.05) is 0 Å². The van der Waals surface area contributed by atoms with E-state index in [0.717, 1.165) is 18.2 Å². The largest absolute Gasteiger partial charge is 0.504 e. The van der Waals surface area contributed by atoms with Crippen LogP contribution in [0.25, 0.3) is 6.08 Å². The van der Waals surface area contributed by atoms with E-state index in [0.29, 0.717) is 0 Å². The molecule has 1 amide bonds. The molecule has 0 aliphatic rings. The number of nitrogens with zero attached hydrogens (tertiary/aromatic N) is 1. The number of halogens is 1. The van der Waals surface area contributed by atoms with Crippen molar-refractivity contribution in [2.45, 2.75) is 0 Å². The summed E-state index contributed by atoms with van der Waals surface area (Å²) in [6.45, 7) is 0. The molecule has 0 radical (unpaired) electrons. The summed E-state index contributed by atoms with van der Waals surface area (Å²) >= 11 is 2.99. The lowest BCUT2D eigenvalue weighted by atomic mass is 10.1. The Hall–Kier alpha value is -2.09. The first-order valence-electron chi connectivity index (χ1n) is 4.59. The van der Waals surface area contributed by atoms with Crippen LogP contribution in [0.4, 0.5) is 5.69 Å². The molecule has 0 saturated heterocycles. The van der Waals surface area contributed by atoms with Crippen molar-refractivity contribution in [3.63, 3.8) is 0 Å². The number of phenolic OH excluding ortho intramolecular Hbond substituents is 1. The van der Waals surface area contributed by atoms with Gasteiger partial charge in [-0.15, -0.1) is 0 Å². The number of nitro groups is 1. The van der Waals surface area contributed by atoms with Gasteiger partial charge in [0, 0.05) is 11.6 Å². The molecule has 3 N–H and O–H groups in total. The van der Waals surface area contributed by atoms with Crippen molar-refractivity contribution in [3.05, 3.63) is 32.3 Å². The van der Waals surface area contributed by atoms with Gasteiger partial charge in [0.05, 0.1) is 18.1 Å². The second kappa shape index (κ2) is 5.50. The Morgan fingerprint density at radius 3 is 2.72 bits per heavy atom. The minimum atomic E-state index is -0.744. The minimum absolute atomic E-state index is 0.0308. The molecule has 0 aliphatic carbocycles. The number of carbonyl (C=O) groups excluding carboxylic acids is 1. The summed E-state index contributed by atoms with van der Waals surface area (Å²) in [6.07, 6.45) is 2.14. The number of hydrogen-bond acceptors (Lipinski definition) is 5. The Bertz CT molecular complexity index is 542. The quantitative estimate of drug-likeness (QED) is 0.497. The smallest absolute Gasteiger partial charge is 0.288 e. The van der Waals surface area contributed by atoms with Crippen LogP contribution in [0.2, 0.25) is 0 Å². The van der Waals surface area contributed by atoms with Gasteiger partial charge in [0.15, 0.2) is 11.5 Å². The van der Waals surface area contributed by atoms with Crippen LogP contribution in [0.3, 0.4) is 0 Å². The highest BCUT2D eigenvalue weighted by atomic mass is 79.9. The average molecular weight is 317 g/mol. The zero-order valence-corrected chi connectivity index (χ0v) is 10.8. The third-order valence-electron chi connectivity index (χ3n) is 2.05. The molecular weight excluding hydrogens is 308 g/mol. The first-order valence-corrected chi connectivity index (χ1v) is 5.39. The molecule has 7 nitrogen and oxygen atoms in total. The number of nitrogens with two attached hydrogens (primary N) is 1. The number of hydrogen-bond donors (Lipinski definition) is 2. The van der Waals surface area contributed by atoms with Crippen molar-refractivity contribution in [1.82, 2.24) is 0 Å². The highest BCUT2D eigenvalue weighted by molar-refractivity contribution is 9.10. The number of aromatic hydroxyl groups is 1. The van der Waals surface area contributed by atoms with Crippen LogP contribution in [-0.2, 0) is 4.79 Å². The standard InChI is InChI=1S/C10H9BrN2O5/c1-18-7-4-6(13(16)17)9(11)5(10(7)15)2-3-8(12)14/h2-4,15H,1H3,(H2,12,14)/b3-2+. The number of primary amides is 1. The molecule has 1 rings (SSSR count). The number of amides is 1. The maximum Gasteiger partial charge on any atom is 0.288 e. The van der Waals surface area contributed by atoms with Crippen molar-refractivity contribution < 1.29 is 19.6 Å². The molecule has 1 aromatic carbocycles. The van der Waals surface area contributed by atoms with E-state index in [1.54, 1.807) is 0 Å². The average Bonchev–Trinajstić information content (AvgIpc) is 2.28. The first-order chi connectivity index (χ1) is 8.38. The van der Waals surface area contributed by atoms with E-state index in [9.17, 15) is 20.0 Å². The normalized spacial score (nSPS) is 10.6. The van der Waals surface area contributed by atoms with Crippen molar-refractivity contribution in [1.29, 1.82) is 0 Å². The lowest BCUT2D eigenvalue weighted by Gasteiger charge is -2.08. The van der Waals surface area contributed by atoms with E-state index >= 15 is 0 Å². The van der Waals surface area contributed by atoms with Crippen molar-refractivity contribution in [2.75, 3.05) is 7.11 Å². The summed E-state index contributed by atoms with van der Waals surface area (Å²) in [5, 5.41) is 20.6. The predicted octanol–water partition coefficient (Wildman–Crippen LogP) is 1.57. The predicted molar refractivity (Wildman–Crippen MR) is 67.2 cm³/mol. The van der Waals surface area contributed by atoms with E-state index in [1.165, 1.54) is 7.11 Å². The van der Waals surface area contributed by atoms with Crippen LogP contribution in [0.1, 0.15) is 5.56 Å². The molecule has 0 unspecified atom stereocenters. The summed E-state index contributed by atoms with van der Waals surface area (Å²) in [6, 6.07) is 1.07. The highest BCUT2D eigenvalue weighted by Crippen LogP contribution is 2.42. The van der Waals surface area contributed by atoms with Gasteiger partial charge in [-0.05, 0) is 22.0 Å². The second-order valence-corrected chi connectivity index (χ2v) is 3.96. The van der Waals surface area contributed by atoms with Gasteiger partial charge in [0.2, 0.25) is 5.91 Å². The zero-order valence-electron chi connectivity index (χ0n) is 9.21. The first kappa shape index (κ1) is 14.0. The highest BCUT2D eigenvalue weighted by Gasteiger charge is 2.22. The number of ether oxygens (including phenoxy) is 1.